The van der Waals surface area contributed by atoms with E-state index in [9.17, 15) is 37.1 Å². The van der Waals surface area contributed by atoms with Gasteiger partial charge in [0, 0.05) is 56.5 Å². The Bertz CT molecular complexity index is 2670. The van der Waals surface area contributed by atoms with Gasteiger partial charge in [-0.25, -0.2) is 4.79 Å². The highest BCUT2D eigenvalue weighted by molar-refractivity contribution is 7.11. The summed E-state index contributed by atoms with van der Waals surface area (Å²) in [6, 6.07) is 46.4. The van der Waals surface area contributed by atoms with Crippen molar-refractivity contribution in [3.63, 3.8) is 0 Å². The second-order valence-corrected chi connectivity index (χ2v) is 16.8. The monoisotopic (exact) mass is 992 g/mol. The number of alkyl halides is 3. The fourth-order valence-electron chi connectivity index (χ4n) is 5.12. The van der Waals surface area contributed by atoms with Crippen LogP contribution in [0.4, 0.5) is 58.7 Å². The molecule has 0 aliphatic carbocycles. The Labute approximate surface area is 413 Å². The fraction of sp³-hybridized carbons (Fsp3) is 0.135. The van der Waals surface area contributed by atoms with E-state index < -0.39 is 18.1 Å². The number of carboxylic acid groups (broad SMARTS) is 1. The summed E-state index contributed by atoms with van der Waals surface area (Å²) >= 11 is 1.23. The quantitative estimate of drug-likeness (QED) is 0.0614. The Morgan fingerprint density at radius 3 is 1.30 bits per heavy atom. The zero-order valence-corrected chi connectivity index (χ0v) is 39.9. The SMILES string of the molecule is CC(C)(C)C(=O)Nc1ccc(N)cc1.COc1ccc(C(=O)Nc2ccc(N)cc2)cc1.Nc1ccc(NC(=O)C(F)(F)F)cc1.Nc1ccc(NC(=O)Cc2ccccc2)cc1.O=C(O)c1cccs1. The number of methoxy groups -OCH3 is 1. The number of rotatable bonds is 9. The molecular weight excluding hydrogens is 938 g/mol. The molecule has 0 fully saturated rings. The fourth-order valence-corrected chi connectivity index (χ4v) is 5.68. The Hall–Kier alpha value is -8.84. The van der Waals surface area contributed by atoms with Crippen LogP contribution in [-0.2, 0) is 20.8 Å². The maximum atomic E-state index is 11.9. The normalized spacial score (nSPS) is 10.2. The van der Waals surface area contributed by atoms with Crippen LogP contribution < -0.4 is 48.9 Å². The molecule has 0 unspecified atom stereocenters. The number of ether oxygens (including phenoxy) is 1. The standard InChI is InChI=1S/C14H14N2O2.C14H14N2O.C11H16N2O.C8H7F3N2O.C5H4O2S/c1-18-13-8-2-10(3-9-13)14(17)16-12-6-4-11(15)5-7-12;15-12-6-8-13(9-7-12)16-14(17)10-11-4-2-1-3-5-11;1-11(2,3)10(14)13-9-6-4-8(12)5-7-9;9-8(10,11)7(14)13-6-3-1-5(12)2-4-6;6-5(7)4-2-1-3-8-4/h2-9H,15H2,1H3,(H,16,17);1-9H,10,15H2,(H,16,17);4-7H,12H2,1-3H3,(H,13,14);1-4H,12H2,(H,13,14);1-3H,(H,6,7). The minimum absolute atomic E-state index is 0.00210. The first-order valence-electron chi connectivity index (χ1n) is 21.2. The number of hydrogen-bond donors (Lipinski definition) is 9. The van der Waals surface area contributed by atoms with Crippen molar-refractivity contribution < 1.29 is 47.0 Å². The second-order valence-electron chi connectivity index (χ2n) is 15.8. The van der Waals surface area contributed by atoms with E-state index in [0.717, 1.165) is 22.7 Å². The summed E-state index contributed by atoms with van der Waals surface area (Å²) in [5.41, 5.74) is 28.0. The number of aromatic carboxylic acids is 1. The molecule has 0 saturated carbocycles. The molecule has 0 bridgehead atoms. The summed E-state index contributed by atoms with van der Waals surface area (Å²) in [7, 11) is 1.59. The molecule has 0 spiro atoms. The van der Waals surface area contributed by atoms with Crippen LogP contribution in [-0.4, -0.2) is 48.0 Å². The summed E-state index contributed by atoms with van der Waals surface area (Å²) in [4.78, 5) is 56.1. The average Bonchev–Trinajstić information content (AvgIpc) is 3.89. The molecule has 372 valence electrons. The van der Waals surface area contributed by atoms with E-state index in [-0.39, 0.29) is 28.8 Å². The second kappa shape index (κ2) is 27.8. The van der Waals surface area contributed by atoms with Crippen molar-refractivity contribution in [3.05, 3.63) is 185 Å². The molecule has 7 rings (SSSR count). The molecule has 0 aliphatic heterocycles. The maximum absolute atomic E-state index is 11.9. The third-order valence-electron chi connectivity index (χ3n) is 8.93. The molecule has 0 atom stereocenters. The largest absolute Gasteiger partial charge is 0.497 e. The van der Waals surface area contributed by atoms with Crippen molar-refractivity contribution in [3.8, 4) is 5.75 Å². The number of amides is 4. The lowest BCUT2D eigenvalue weighted by atomic mass is 9.95. The van der Waals surface area contributed by atoms with Crippen molar-refractivity contribution >= 4 is 86.4 Å². The number of benzene rings is 6. The number of carboxylic acids is 1. The number of nitrogen functional groups attached to an aromatic ring is 4. The molecule has 15 nitrogen and oxygen atoms in total. The molecule has 0 aliphatic rings. The van der Waals surface area contributed by atoms with Gasteiger partial charge >= 0.3 is 18.1 Å². The Balaban J connectivity index is 0.000000239. The van der Waals surface area contributed by atoms with Gasteiger partial charge in [-0.15, -0.1) is 11.3 Å². The van der Waals surface area contributed by atoms with Crippen molar-refractivity contribution in [1.82, 2.24) is 0 Å². The highest BCUT2D eigenvalue weighted by Gasteiger charge is 2.38. The lowest BCUT2D eigenvalue weighted by Crippen LogP contribution is -2.29. The summed E-state index contributed by atoms with van der Waals surface area (Å²) < 4.78 is 40.4. The van der Waals surface area contributed by atoms with Gasteiger partial charge in [0.2, 0.25) is 11.8 Å². The molecule has 4 amide bonds. The minimum Gasteiger partial charge on any atom is -0.497 e. The van der Waals surface area contributed by atoms with Gasteiger partial charge in [-0.3, -0.25) is 19.2 Å². The van der Waals surface area contributed by atoms with Crippen molar-refractivity contribution in [1.29, 1.82) is 0 Å². The smallest absolute Gasteiger partial charge is 0.471 e. The predicted molar refractivity (Wildman–Crippen MR) is 277 cm³/mol. The Morgan fingerprint density at radius 1 is 0.535 bits per heavy atom. The number of carbonyl (C=O) groups is 5. The van der Waals surface area contributed by atoms with Crippen LogP contribution in [0.25, 0.3) is 0 Å². The van der Waals surface area contributed by atoms with Crippen molar-refractivity contribution in [2.75, 3.05) is 51.3 Å². The van der Waals surface area contributed by atoms with E-state index in [1.54, 1.807) is 127 Å². The topological polar surface area (TPSA) is 267 Å². The Morgan fingerprint density at radius 2 is 0.944 bits per heavy atom. The van der Waals surface area contributed by atoms with E-state index >= 15 is 0 Å². The summed E-state index contributed by atoms with van der Waals surface area (Å²) in [6.07, 6.45) is -4.49. The van der Waals surface area contributed by atoms with Gasteiger partial charge < -0.3 is 54.0 Å². The van der Waals surface area contributed by atoms with E-state index in [2.05, 4.69) is 16.0 Å². The summed E-state index contributed by atoms with van der Waals surface area (Å²) in [5, 5.41) is 20.1. The molecule has 13 N–H and O–H groups in total. The van der Waals surface area contributed by atoms with Gasteiger partial charge in [0.1, 0.15) is 10.6 Å². The first-order valence-corrected chi connectivity index (χ1v) is 22.1. The number of hydrogen-bond acceptors (Lipinski definition) is 11. The lowest BCUT2D eigenvalue weighted by Gasteiger charge is -2.17. The summed E-state index contributed by atoms with van der Waals surface area (Å²) in [5.74, 6) is -2.31. The third kappa shape index (κ3) is 22.2. The van der Waals surface area contributed by atoms with Crippen molar-refractivity contribution in [2.24, 2.45) is 5.41 Å². The molecular formula is C52H55F3N8O7S. The van der Waals surface area contributed by atoms with E-state index in [4.69, 9.17) is 32.8 Å². The first kappa shape index (κ1) is 56.5. The van der Waals surface area contributed by atoms with Gasteiger partial charge in [0.05, 0.1) is 13.5 Å². The number of halogens is 3. The van der Waals surface area contributed by atoms with Crippen LogP contribution in [0, 0.1) is 5.41 Å². The third-order valence-corrected chi connectivity index (χ3v) is 9.79. The minimum atomic E-state index is -4.87. The van der Waals surface area contributed by atoms with Crippen LogP contribution in [0.15, 0.2) is 169 Å². The number of thiophene rings is 1. The maximum Gasteiger partial charge on any atom is 0.471 e. The zero-order chi connectivity index (χ0) is 52.6. The van der Waals surface area contributed by atoms with Gasteiger partial charge in [0.25, 0.3) is 5.91 Å². The summed E-state index contributed by atoms with van der Waals surface area (Å²) in [6.45, 7) is 5.62. The van der Waals surface area contributed by atoms with E-state index in [1.807, 2.05) is 51.1 Å². The van der Waals surface area contributed by atoms with Crippen LogP contribution in [0.2, 0.25) is 0 Å². The van der Waals surface area contributed by atoms with Gasteiger partial charge in [-0.1, -0.05) is 57.2 Å². The molecule has 1 heterocycles. The molecule has 6 aromatic carbocycles. The highest BCUT2D eigenvalue weighted by atomic mass is 32.1. The van der Waals surface area contributed by atoms with Gasteiger partial charge in [0.15, 0.2) is 0 Å². The molecule has 71 heavy (non-hydrogen) atoms. The van der Waals surface area contributed by atoms with E-state index in [0.29, 0.717) is 45.3 Å². The molecule has 0 saturated heterocycles. The number of nitrogens with one attached hydrogen (secondary N) is 4. The zero-order valence-electron chi connectivity index (χ0n) is 39.1. The number of carbonyl (C=O) groups excluding carboxylic acids is 4. The van der Waals surface area contributed by atoms with Crippen LogP contribution in [0.3, 0.4) is 0 Å². The Kier molecular flexibility index (Phi) is 22.2. The lowest BCUT2D eigenvalue weighted by molar-refractivity contribution is -0.167. The van der Waals surface area contributed by atoms with Gasteiger partial charge in [-0.2, -0.15) is 13.2 Å². The van der Waals surface area contributed by atoms with Gasteiger partial charge in [-0.05, 0) is 138 Å². The van der Waals surface area contributed by atoms with Crippen molar-refractivity contribution in [2.45, 2.75) is 33.4 Å². The molecule has 0 radical (unpaired) electrons. The molecule has 7 aromatic rings. The first-order chi connectivity index (χ1) is 33.5. The predicted octanol–water partition coefficient (Wildman–Crippen LogP) is 10.4. The average molecular weight is 993 g/mol. The molecule has 19 heteroatoms. The van der Waals surface area contributed by atoms with Crippen LogP contribution >= 0.6 is 11.3 Å². The highest BCUT2D eigenvalue weighted by Crippen LogP contribution is 2.20. The van der Waals surface area contributed by atoms with Crippen LogP contribution in [0.5, 0.6) is 5.75 Å². The number of anilines is 8. The number of nitrogens with two attached hydrogens (primary N) is 4. The van der Waals surface area contributed by atoms with E-state index in [1.165, 1.54) is 35.6 Å². The van der Waals surface area contributed by atoms with Crippen LogP contribution in [0.1, 0.15) is 46.4 Å². The molecule has 1 aromatic heterocycles.